The van der Waals surface area contributed by atoms with E-state index >= 15 is 0 Å². The highest BCUT2D eigenvalue weighted by Crippen LogP contribution is 2.23. The van der Waals surface area contributed by atoms with Gasteiger partial charge < -0.3 is 15.0 Å². The lowest BCUT2D eigenvalue weighted by Crippen LogP contribution is -2.46. The third-order valence-corrected chi connectivity index (χ3v) is 3.55. The summed E-state index contributed by atoms with van der Waals surface area (Å²) in [5.74, 6) is 3.16. The molecule has 5 nitrogen and oxygen atoms in total. The summed E-state index contributed by atoms with van der Waals surface area (Å²) in [6, 6.07) is 2.06. The van der Waals surface area contributed by atoms with Crippen LogP contribution in [0, 0.1) is 0 Å². The van der Waals surface area contributed by atoms with Crippen LogP contribution in [0.1, 0.15) is 52.8 Å². The molecule has 1 aromatic heterocycles. The second-order valence-corrected chi connectivity index (χ2v) is 6.21. The molecule has 1 aliphatic heterocycles. The summed E-state index contributed by atoms with van der Waals surface area (Å²) in [7, 11) is 0. The molecule has 1 aromatic rings. The average Bonchev–Trinajstić information content (AvgIpc) is 2.43. The predicted molar refractivity (Wildman–Crippen MR) is 87.1 cm³/mol. The van der Waals surface area contributed by atoms with Crippen LogP contribution in [0.15, 0.2) is 6.07 Å². The molecule has 0 aliphatic carbocycles. The summed E-state index contributed by atoms with van der Waals surface area (Å²) in [5, 5.41) is 3.38. The molecule has 0 aromatic carbocycles. The zero-order chi connectivity index (χ0) is 15.4. The maximum Gasteiger partial charge on any atom is 0.135 e. The molecule has 0 bridgehead atoms. The molecule has 1 fully saturated rings. The first-order valence-electron chi connectivity index (χ1n) is 8.02. The molecule has 118 valence electrons. The van der Waals surface area contributed by atoms with Crippen LogP contribution in [0.3, 0.4) is 0 Å². The lowest BCUT2D eigenvalue weighted by molar-refractivity contribution is -0.00547. The molecule has 1 saturated heterocycles. The van der Waals surface area contributed by atoms with Gasteiger partial charge in [0.2, 0.25) is 0 Å². The molecule has 2 unspecified atom stereocenters. The summed E-state index contributed by atoms with van der Waals surface area (Å²) in [6.45, 7) is 13.3. The largest absolute Gasteiger partial charge is 0.372 e. The number of anilines is 2. The van der Waals surface area contributed by atoms with Gasteiger partial charge in [-0.3, -0.25) is 0 Å². The van der Waals surface area contributed by atoms with Gasteiger partial charge in [0.05, 0.1) is 12.2 Å². The highest BCUT2D eigenvalue weighted by atomic mass is 16.5. The van der Waals surface area contributed by atoms with E-state index in [1.54, 1.807) is 0 Å². The van der Waals surface area contributed by atoms with E-state index in [4.69, 9.17) is 9.72 Å². The third-order valence-electron chi connectivity index (χ3n) is 3.55. The Hall–Kier alpha value is -1.36. The fourth-order valence-electron chi connectivity index (χ4n) is 2.58. The van der Waals surface area contributed by atoms with Crippen LogP contribution in [0.2, 0.25) is 0 Å². The second-order valence-electron chi connectivity index (χ2n) is 6.21. The summed E-state index contributed by atoms with van der Waals surface area (Å²) < 4.78 is 5.81. The Balaban J connectivity index is 2.26. The molecular weight excluding hydrogens is 264 g/mol. The normalized spacial score (nSPS) is 22.7. The molecule has 21 heavy (non-hydrogen) atoms. The first kappa shape index (κ1) is 16.0. The van der Waals surface area contributed by atoms with Gasteiger partial charge in [-0.15, -0.1) is 0 Å². The van der Waals surface area contributed by atoms with Gasteiger partial charge in [0, 0.05) is 31.6 Å². The van der Waals surface area contributed by atoms with Gasteiger partial charge in [0.15, 0.2) is 0 Å². The average molecular weight is 292 g/mol. The van der Waals surface area contributed by atoms with Gasteiger partial charge in [0.25, 0.3) is 0 Å². The van der Waals surface area contributed by atoms with Crippen molar-refractivity contribution >= 4 is 11.6 Å². The standard InChI is InChI=1S/C16H28N4O/c1-6-7-17-14-8-15(19-16(18-14)11(2)3)20-9-12(4)21-13(5)10-20/h8,11-13H,6-7,9-10H2,1-5H3,(H,17,18,19). The maximum atomic E-state index is 5.81. The van der Waals surface area contributed by atoms with Gasteiger partial charge in [-0.1, -0.05) is 20.8 Å². The quantitative estimate of drug-likeness (QED) is 0.904. The fraction of sp³-hybridized carbons (Fsp3) is 0.750. The van der Waals surface area contributed by atoms with E-state index < -0.39 is 0 Å². The van der Waals surface area contributed by atoms with Gasteiger partial charge in [-0.05, 0) is 20.3 Å². The molecular formula is C16H28N4O. The Morgan fingerprint density at radius 1 is 1.29 bits per heavy atom. The summed E-state index contributed by atoms with van der Waals surface area (Å²) in [4.78, 5) is 11.7. The lowest BCUT2D eigenvalue weighted by Gasteiger charge is -2.36. The third kappa shape index (κ3) is 4.30. The van der Waals surface area contributed by atoms with E-state index in [-0.39, 0.29) is 12.2 Å². The topological polar surface area (TPSA) is 50.3 Å². The zero-order valence-corrected chi connectivity index (χ0v) is 13.9. The molecule has 1 N–H and O–H groups in total. The SMILES string of the molecule is CCCNc1cc(N2CC(C)OC(C)C2)nc(C(C)C)n1. The van der Waals surface area contributed by atoms with Crippen LogP contribution in [-0.4, -0.2) is 41.8 Å². The monoisotopic (exact) mass is 292 g/mol. The van der Waals surface area contributed by atoms with Crippen LogP contribution < -0.4 is 10.2 Å². The number of morpholine rings is 1. The molecule has 2 heterocycles. The van der Waals surface area contributed by atoms with E-state index in [0.29, 0.717) is 5.92 Å². The Kier molecular flexibility index (Phi) is 5.39. The Morgan fingerprint density at radius 2 is 1.95 bits per heavy atom. The molecule has 5 heteroatoms. The first-order valence-corrected chi connectivity index (χ1v) is 8.02. The predicted octanol–water partition coefficient (Wildman–Crippen LogP) is 3.04. The van der Waals surface area contributed by atoms with E-state index in [2.05, 4.69) is 55.9 Å². The number of ether oxygens (including phenoxy) is 1. The fourth-order valence-corrected chi connectivity index (χ4v) is 2.58. The van der Waals surface area contributed by atoms with Gasteiger partial charge in [0.1, 0.15) is 17.5 Å². The Labute approximate surface area is 128 Å². The van der Waals surface area contributed by atoms with Crippen molar-refractivity contribution in [1.29, 1.82) is 0 Å². The van der Waals surface area contributed by atoms with Crippen molar-refractivity contribution in [2.24, 2.45) is 0 Å². The molecule has 1 aliphatic rings. The number of rotatable bonds is 5. The molecule has 2 rings (SSSR count). The number of aromatic nitrogens is 2. The minimum Gasteiger partial charge on any atom is -0.372 e. The second kappa shape index (κ2) is 7.07. The maximum absolute atomic E-state index is 5.81. The van der Waals surface area contributed by atoms with Gasteiger partial charge in [-0.2, -0.15) is 0 Å². The van der Waals surface area contributed by atoms with Crippen LogP contribution >= 0.6 is 0 Å². The minimum absolute atomic E-state index is 0.235. The smallest absolute Gasteiger partial charge is 0.135 e. The summed E-state index contributed by atoms with van der Waals surface area (Å²) >= 11 is 0. The van der Waals surface area contributed by atoms with Crippen molar-refractivity contribution in [1.82, 2.24) is 9.97 Å². The molecule has 0 radical (unpaired) electrons. The number of hydrogen-bond donors (Lipinski definition) is 1. The molecule has 2 atom stereocenters. The minimum atomic E-state index is 0.235. The zero-order valence-electron chi connectivity index (χ0n) is 13.9. The van der Waals surface area contributed by atoms with Crippen LogP contribution in [0.4, 0.5) is 11.6 Å². The number of nitrogens with one attached hydrogen (secondary N) is 1. The van der Waals surface area contributed by atoms with Gasteiger partial charge in [-0.25, -0.2) is 9.97 Å². The van der Waals surface area contributed by atoms with E-state index in [1.165, 1.54) is 0 Å². The van der Waals surface area contributed by atoms with Gasteiger partial charge >= 0.3 is 0 Å². The molecule has 0 spiro atoms. The van der Waals surface area contributed by atoms with Crippen LogP contribution in [-0.2, 0) is 4.74 Å². The van der Waals surface area contributed by atoms with Crippen molar-refractivity contribution < 1.29 is 4.74 Å². The molecule has 0 amide bonds. The Bertz CT molecular complexity index is 454. The van der Waals surface area contributed by atoms with Crippen molar-refractivity contribution in [3.05, 3.63) is 11.9 Å². The van der Waals surface area contributed by atoms with Crippen LogP contribution in [0.25, 0.3) is 0 Å². The summed E-state index contributed by atoms with van der Waals surface area (Å²) in [6.07, 6.45) is 1.55. The lowest BCUT2D eigenvalue weighted by atomic mass is 10.2. The van der Waals surface area contributed by atoms with Crippen molar-refractivity contribution in [2.45, 2.75) is 59.2 Å². The van der Waals surface area contributed by atoms with Crippen molar-refractivity contribution in [3.8, 4) is 0 Å². The number of hydrogen-bond acceptors (Lipinski definition) is 5. The summed E-state index contributed by atoms with van der Waals surface area (Å²) in [5.41, 5.74) is 0. The van der Waals surface area contributed by atoms with Crippen LogP contribution in [0.5, 0.6) is 0 Å². The molecule has 0 saturated carbocycles. The van der Waals surface area contributed by atoms with E-state index in [9.17, 15) is 0 Å². The highest BCUT2D eigenvalue weighted by Gasteiger charge is 2.24. The van der Waals surface area contributed by atoms with Crippen molar-refractivity contribution in [3.63, 3.8) is 0 Å². The first-order chi connectivity index (χ1) is 9.99. The number of nitrogens with zero attached hydrogens (tertiary/aromatic N) is 3. The Morgan fingerprint density at radius 3 is 2.52 bits per heavy atom. The highest BCUT2D eigenvalue weighted by molar-refractivity contribution is 5.50. The van der Waals surface area contributed by atoms with Crippen molar-refractivity contribution in [2.75, 3.05) is 29.9 Å². The van der Waals surface area contributed by atoms with E-state index in [0.717, 1.165) is 43.5 Å². The van der Waals surface area contributed by atoms with E-state index in [1.807, 2.05) is 0 Å².